The zero-order valence-electron chi connectivity index (χ0n) is 17.8. The number of hydrogen-bond acceptors (Lipinski definition) is 4. The van der Waals surface area contributed by atoms with Crippen molar-refractivity contribution in [1.29, 1.82) is 0 Å². The van der Waals surface area contributed by atoms with Crippen LogP contribution >= 0.6 is 0 Å². The summed E-state index contributed by atoms with van der Waals surface area (Å²) in [5.41, 5.74) is 6.20. The third-order valence-corrected chi connectivity index (χ3v) is 5.37. The molecule has 0 aliphatic carbocycles. The van der Waals surface area contributed by atoms with Gasteiger partial charge < -0.3 is 11.1 Å². The van der Waals surface area contributed by atoms with Gasteiger partial charge in [-0.2, -0.15) is 13.9 Å². The summed E-state index contributed by atoms with van der Waals surface area (Å²) in [6, 6.07) is 20.0. The quantitative estimate of drug-likeness (QED) is 0.391. The lowest BCUT2D eigenvalue weighted by molar-refractivity contribution is -0.137. The number of ketones is 1. The molecule has 4 aromatic rings. The van der Waals surface area contributed by atoms with Crippen molar-refractivity contribution in [3.05, 3.63) is 90.1 Å². The molecule has 7 nitrogen and oxygen atoms in total. The molecule has 0 aliphatic rings. The predicted octanol–water partition coefficient (Wildman–Crippen LogP) is 3.49. The Morgan fingerprint density at radius 1 is 0.941 bits per heavy atom. The first-order valence-corrected chi connectivity index (χ1v) is 10.4. The zero-order valence-corrected chi connectivity index (χ0v) is 17.8. The van der Waals surface area contributed by atoms with Crippen molar-refractivity contribution in [2.75, 3.05) is 0 Å². The molecule has 0 saturated heterocycles. The monoisotopic (exact) mass is 462 g/mol. The minimum atomic E-state index is -2.98. The second kappa shape index (κ2) is 9.62. The lowest BCUT2D eigenvalue weighted by Gasteiger charge is -2.16. The van der Waals surface area contributed by atoms with Crippen LogP contribution in [0.15, 0.2) is 79.0 Å². The van der Waals surface area contributed by atoms with Gasteiger partial charge in [0.1, 0.15) is 11.7 Å². The van der Waals surface area contributed by atoms with Gasteiger partial charge in [0.25, 0.3) is 11.8 Å². The van der Waals surface area contributed by atoms with Gasteiger partial charge in [0.2, 0.25) is 5.78 Å². The number of halogens is 2. The highest BCUT2D eigenvalue weighted by Gasteiger charge is 2.29. The maximum Gasteiger partial charge on any atom is 0.333 e. The van der Waals surface area contributed by atoms with Crippen molar-refractivity contribution in [1.82, 2.24) is 15.1 Å². The molecule has 2 amide bonds. The van der Waals surface area contributed by atoms with Crippen LogP contribution in [0.2, 0.25) is 0 Å². The Kier molecular flexibility index (Phi) is 6.44. The average molecular weight is 462 g/mol. The Hall–Kier alpha value is -4.40. The van der Waals surface area contributed by atoms with Gasteiger partial charge in [-0.25, -0.2) is 4.68 Å². The first-order chi connectivity index (χ1) is 16.3. The lowest BCUT2D eigenvalue weighted by Crippen LogP contribution is -2.47. The number of hydrogen-bond donors (Lipinski definition) is 2. The van der Waals surface area contributed by atoms with Crippen LogP contribution in [-0.2, 0) is 16.0 Å². The highest BCUT2D eigenvalue weighted by atomic mass is 19.3. The predicted molar refractivity (Wildman–Crippen MR) is 122 cm³/mol. The Labute approximate surface area is 193 Å². The van der Waals surface area contributed by atoms with E-state index in [1.807, 2.05) is 18.2 Å². The first kappa shape index (κ1) is 22.8. The molecule has 34 heavy (non-hydrogen) atoms. The second-order valence-electron chi connectivity index (χ2n) is 7.62. The number of carbonyl (C=O) groups is 3. The maximum atomic E-state index is 13.5. The summed E-state index contributed by atoms with van der Waals surface area (Å²) in [7, 11) is 0. The molecule has 0 saturated carbocycles. The van der Waals surface area contributed by atoms with E-state index in [2.05, 4.69) is 10.4 Å². The fourth-order valence-corrected chi connectivity index (χ4v) is 3.76. The van der Waals surface area contributed by atoms with E-state index >= 15 is 0 Å². The number of fused-ring (bicyclic) bond motifs is 1. The van der Waals surface area contributed by atoms with Gasteiger partial charge in [0.15, 0.2) is 0 Å². The molecule has 1 aromatic heterocycles. The summed E-state index contributed by atoms with van der Waals surface area (Å²) >= 11 is 0. The van der Waals surface area contributed by atoms with Crippen LogP contribution < -0.4 is 11.1 Å². The van der Waals surface area contributed by atoms with E-state index in [1.165, 1.54) is 0 Å². The minimum Gasteiger partial charge on any atom is -0.363 e. The van der Waals surface area contributed by atoms with Crippen molar-refractivity contribution in [2.45, 2.75) is 19.0 Å². The molecule has 0 spiro atoms. The van der Waals surface area contributed by atoms with Crippen LogP contribution in [0.25, 0.3) is 22.0 Å². The molecule has 4 rings (SSSR count). The molecule has 1 heterocycles. The van der Waals surface area contributed by atoms with E-state index in [4.69, 9.17) is 5.73 Å². The molecule has 0 radical (unpaired) electrons. The number of nitrogens with one attached hydrogen (secondary N) is 1. The number of carbonyl (C=O) groups excluding carboxylic acids is 3. The van der Waals surface area contributed by atoms with Gasteiger partial charge in [0.05, 0.1) is 5.56 Å². The molecule has 3 N–H and O–H groups in total. The number of amides is 2. The fourth-order valence-electron chi connectivity index (χ4n) is 3.76. The fraction of sp³-hybridized carbons (Fsp3) is 0.120. The second-order valence-corrected chi connectivity index (χ2v) is 7.62. The molecule has 0 aliphatic heterocycles. The highest BCUT2D eigenvalue weighted by molar-refractivity contribution is 6.38. The van der Waals surface area contributed by atoms with Gasteiger partial charge in [-0.1, -0.05) is 72.8 Å². The number of rotatable bonds is 8. The van der Waals surface area contributed by atoms with E-state index in [-0.39, 0.29) is 17.7 Å². The summed E-state index contributed by atoms with van der Waals surface area (Å²) in [5, 5.41) is 7.99. The van der Waals surface area contributed by atoms with Crippen LogP contribution in [0.1, 0.15) is 22.5 Å². The number of nitrogens with zero attached hydrogens (tertiary/aromatic N) is 2. The van der Waals surface area contributed by atoms with Gasteiger partial charge in [0, 0.05) is 18.2 Å². The van der Waals surface area contributed by atoms with Crippen LogP contribution in [0.3, 0.4) is 0 Å². The van der Waals surface area contributed by atoms with Crippen LogP contribution in [0.4, 0.5) is 8.78 Å². The van der Waals surface area contributed by atoms with Crippen molar-refractivity contribution in [3.8, 4) is 11.3 Å². The van der Waals surface area contributed by atoms with Gasteiger partial charge in [-0.05, 0) is 16.3 Å². The van der Waals surface area contributed by atoms with Crippen molar-refractivity contribution in [3.63, 3.8) is 0 Å². The summed E-state index contributed by atoms with van der Waals surface area (Å²) in [5.74, 6) is -3.03. The molecular weight excluding hydrogens is 442 g/mol. The van der Waals surface area contributed by atoms with E-state index in [9.17, 15) is 23.2 Å². The van der Waals surface area contributed by atoms with Gasteiger partial charge in [-0.3, -0.25) is 14.4 Å². The van der Waals surface area contributed by atoms with Crippen LogP contribution in [-0.4, -0.2) is 33.4 Å². The molecule has 0 fully saturated rings. The van der Waals surface area contributed by atoms with Gasteiger partial charge >= 0.3 is 6.55 Å². The molecule has 172 valence electrons. The van der Waals surface area contributed by atoms with Crippen LogP contribution in [0.5, 0.6) is 0 Å². The topological polar surface area (TPSA) is 107 Å². The molecule has 3 aromatic carbocycles. The summed E-state index contributed by atoms with van der Waals surface area (Å²) in [6.07, 6.45) is 0.923. The molecule has 9 heteroatoms. The SMILES string of the molecule is NC(=O)C(=O)C(Cc1ccccc1)NC(=O)c1cn(C(F)F)nc1-c1cccc2ccccc12. The number of benzene rings is 3. The van der Waals surface area contributed by atoms with Crippen molar-refractivity contribution >= 4 is 28.4 Å². The largest absolute Gasteiger partial charge is 0.363 e. The van der Waals surface area contributed by atoms with E-state index in [0.717, 1.165) is 11.6 Å². The molecular formula is C25H20F2N4O3. The number of primary amides is 1. The molecule has 1 atom stereocenters. The van der Waals surface area contributed by atoms with E-state index < -0.39 is 30.2 Å². The standard InChI is InChI=1S/C25H20F2N4O3/c26-25(27)31-14-19(21(30-31)18-12-6-10-16-9-4-5-11-17(16)18)24(34)29-20(22(32)23(28)33)13-15-7-2-1-3-8-15/h1-12,14,20,25H,13H2,(H2,28,33)(H,29,34). The Morgan fingerprint density at radius 2 is 1.62 bits per heavy atom. The number of alkyl halides is 2. The summed E-state index contributed by atoms with van der Waals surface area (Å²) in [6.45, 7) is -2.98. The Bertz CT molecular complexity index is 1360. The highest BCUT2D eigenvalue weighted by Crippen LogP contribution is 2.31. The average Bonchev–Trinajstić information content (AvgIpc) is 3.29. The Balaban J connectivity index is 1.74. The third-order valence-electron chi connectivity index (χ3n) is 5.37. The van der Waals surface area contributed by atoms with Crippen molar-refractivity contribution < 1.29 is 23.2 Å². The molecule has 1 unspecified atom stereocenters. The summed E-state index contributed by atoms with van der Waals surface area (Å²) < 4.78 is 27.4. The molecule has 0 bridgehead atoms. The number of Topliss-reactive ketones (excluding diaryl/α,β-unsaturated/α-hetero) is 1. The Morgan fingerprint density at radius 3 is 2.32 bits per heavy atom. The van der Waals surface area contributed by atoms with Crippen LogP contribution in [0, 0.1) is 0 Å². The van der Waals surface area contributed by atoms with E-state index in [0.29, 0.717) is 21.2 Å². The minimum absolute atomic E-state index is 0.000931. The maximum absolute atomic E-state index is 13.5. The van der Waals surface area contributed by atoms with Gasteiger partial charge in [-0.15, -0.1) is 0 Å². The lowest BCUT2D eigenvalue weighted by atomic mass is 9.99. The number of nitrogens with two attached hydrogens (primary N) is 1. The smallest absolute Gasteiger partial charge is 0.333 e. The summed E-state index contributed by atoms with van der Waals surface area (Å²) in [4.78, 5) is 37.2. The van der Waals surface area contributed by atoms with Crippen molar-refractivity contribution in [2.24, 2.45) is 5.73 Å². The normalized spacial score (nSPS) is 12.0. The van der Waals surface area contributed by atoms with E-state index in [1.54, 1.807) is 54.6 Å². The first-order valence-electron chi connectivity index (χ1n) is 10.4. The number of aromatic nitrogens is 2. The third kappa shape index (κ3) is 4.68. The zero-order chi connectivity index (χ0) is 24.2.